The van der Waals surface area contributed by atoms with Crippen LogP contribution in [-0.2, 0) is 6.54 Å². The maximum absolute atomic E-state index is 13.0. The van der Waals surface area contributed by atoms with Gasteiger partial charge in [-0.25, -0.2) is 0 Å². The molecular formula is C26H32N4O2S. The predicted molar refractivity (Wildman–Crippen MR) is 140 cm³/mol. The molecule has 2 aromatic carbocycles. The first kappa shape index (κ1) is 24.6. The molecule has 6 nitrogen and oxygen atoms in total. The van der Waals surface area contributed by atoms with E-state index in [9.17, 15) is 4.79 Å². The van der Waals surface area contributed by atoms with Crippen molar-refractivity contribution in [1.82, 2.24) is 10.3 Å². The normalized spacial score (nSPS) is 10.7. The van der Waals surface area contributed by atoms with Crippen LogP contribution in [0.15, 0.2) is 48.7 Å². The molecule has 0 spiro atoms. The second kappa shape index (κ2) is 11.7. The number of carbonyl (C=O) groups is 1. The van der Waals surface area contributed by atoms with Crippen LogP contribution in [0.25, 0.3) is 11.1 Å². The van der Waals surface area contributed by atoms with Crippen LogP contribution >= 0.6 is 11.8 Å². The van der Waals surface area contributed by atoms with Crippen LogP contribution in [0.2, 0.25) is 0 Å². The first-order chi connectivity index (χ1) is 16.0. The fraction of sp³-hybridized carbons (Fsp3) is 0.308. The lowest BCUT2D eigenvalue weighted by Crippen LogP contribution is -2.18. The van der Waals surface area contributed by atoms with Crippen molar-refractivity contribution in [3.63, 3.8) is 0 Å². The highest BCUT2D eigenvalue weighted by molar-refractivity contribution is 7.98. The average Bonchev–Trinajstić information content (AvgIpc) is 2.83. The van der Waals surface area contributed by atoms with Crippen molar-refractivity contribution in [2.24, 2.45) is 0 Å². The van der Waals surface area contributed by atoms with E-state index in [2.05, 4.69) is 52.3 Å². The minimum absolute atomic E-state index is 0.267. The van der Waals surface area contributed by atoms with E-state index >= 15 is 0 Å². The summed E-state index contributed by atoms with van der Waals surface area (Å²) >= 11 is 1.79. The zero-order chi connectivity index (χ0) is 23.8. The highest BCUT2D eigenvalue weighted by Gasteiger charge is 2.15. The highest BCUT2D eigenvalue weighted by atomic mass is 32.2. The van der Waals surface area contributed by atoms with Crippen LogP contribution in [0.3, 0.4) is 0 Å². The van der Waals surface area contributed by atoms with Crippen LogP contribution in [0.4, 0.5) is 11.4 Å². The van der Waals surface area contributed by atoms with Gasteiger partial charge in [-0.3, -0.25) is 9.78 Å². The molecule has 0 radical (unpaired) electrons. The Morgan fingerprint density at radius 3 is 2.36 bits per heavy atom. The van der Waals surface area contributed by atoms with Gasteiger partial charge in [-0.1, -0.05) is 24.3 Å². The smallest absolute Gasteiger partial charge is 0.274 e. The number of methoxy groups -OCH3 is 1. The minimum atomic E-state index is -0.267. The number of pyridine rings is 1. The monoisotopic (exact) mass is 464 g/mol. The Bertz CT molecular complexity index is 1120. The van der Waals surface area contributed by atoms with E-state index < -0.39 is 0 Å². The third-order valence-corrected chi connectivity index (χ3v) is 6.28. The lowest BCUT2D eigenvalue weighted by atomic mass is 9.94. The maximum Gasteiger partial charge on any atom is 0.274 e. The average molecular weight is 465 g/mol. The van der Waals surface area contributed by atoms with Gasteiger partial charge in [0.15, 0.2) is 0 Å². The Hall–Kier alpha value is -3.03. The number of anilines is 2. The van der Waals surface area contributed by atoms with E-state index in [4.69, 9.17) is 4.74 Å². The Kier molecular flexibility index (Phi) is 8.74. The van der Waals surface area contributed by atoms with E-state index in [1.165, 1.54) is 5.56 Å². The molecule has 1 heterocycles. The van der Waals surface area contributed by atoms with E-state index in [1.54, 1.807) is 31.1 Å². The zero-order valence-electron chi connectivity index (χ0n) is 19.9. The van der Waals surface area contributed by atoms with Crippen LogP contribution in [0, 0.1) is 13.8 Å². The molecule has 0 aliphatic heterocycles. The molecule has 0 fully saturated rings. The number of hydrogen-bond acceptors (Lipinski definition) is 6. The summed E-state index contributed by atoms with van der Waals surface area (Å²) in [6, 6.07) is 13.8. The summed E-state index contributed by atoms with van der Waals surface area (Å²) in [6.45, 7) is 5.66. The second-order valence-corrected chi connectivity index (χ2v) is 8.70. The lowest BCUT2D eigenvalue weighted by molar-refractivity contribution is 0.102. The molecule has 0 unspecified atom stereocenters. The largest absolute Gasteiger partial charge is 0.496 e. The van der Waals surface area contributed by atoms with Crippen molar-refractivity contribution in [2.75, 3.05) is 43.3 Å². The molecule has 0 aliphatic carbocycles. The Labute approximate surface area is 200 Å². The molecule has 174 valence electrons. The fourth-order valence-electron chi connectivity index (χ4n) is 3.76. The second-order valence-electron chi connectivity index (χ2n) is 7.71. The topological polar surface area (TPSA) is 75.3 Å². The SMILES string of the molecule is CNc1cccc(-c2cccc(NC(=O)c3cc(OC)c(CNCCSC)cn3)c2C)c1C. The van der Waals surface area contributed by atoms with Crippen molar-refractivity contribution >= 4 is 29.0 Å². The standard InChI is InChI=1S/C26H32N4O2S/c1-17-20(8-6-10-22(17)27-3)21-9-7-11-23(18(21)2)30-26(31)24-14-25(32-4)19(16-29-24)15-28-12-13-33-5/h6-11,14,16,27-28H,12-13,15H2,1-5H3,(H,30,31). The number of rotatable bonds is 10. The maximum atomic E-state index is 13.0. The van der Waals surface area contributed by atoms with E-state index in [0.29, 0.717) is 18.0 Å². The van der Waals surface area contributed by atoms with Crippen LogP contribution in [0.5, 0.6) is 5.75 Å². The lowest BCUT2D eigenvalue weighted by Gasteiger charge is -2.16. The van der Waals surface area contributed by atoms with Gasteiger partial charge >= 0.3 is 0 Å². The number of amides is 1. The van der Waals surface area contributed by atoms with Crippen LogP contribution < -0.4 is 20.7 Å². The van der Waals surface area contributed by atoms with Gasteiger partial charge in [-0.05, 0) is 54.5 Å². The molecule has 0 bridgehead atoms. The van der Waals surface area contributed by atoms with E-state index in [0.717, 1.165) is 45.9 Å². The zero-order valence-corrected chi connectivity index (χ0v) is 20.7. The predicted octanol–water partition coefficient (Wildman–Crippen LogP) is 5.12. The van der Waals surface area contributed by atoms with Crippen LogP contribution in [0.1, 0.15) is 27.2 Å². The molecule has 3 N–H and O–H groups in total. The van der Waals surface area contributed by atoms with Crippen molar-refractivity contribution in [1.29, 1.82) is 0 Å². The molecule has 33 heavy (non-hydrogen) atoms. The molecule has 0 atom stereocenters. The van der Waals surface area contributed by atoms with Gasteiger partial charge in [-0.15, -0.1) is 0 Å². The molecule has 0 saturated heterocycles. The van der Waals surface area contributed by atoms with E-state index in [-0.39, 0.29) is 5.91 Å². The van der Waals surface area contributed by atoms with Crippen molar-refractivity contribution in [3.8, 4) is 16.9 Å². The number of benzene rings is 2. The van der Waals surface area contributed by atoms with Gasteiger partial charge in [-0.2, -0.15) is 11.8 Å². The molecule has 0 saturated carbocycles. The van der Waals surface area contributed by atoms with Crippen molar-refractivity contribution < 1.29 is 9.53 Å². The number of aromatic nitrogens is 1. The van der Waals surface area contributed by atoms with Gasteiger partial charge in [0, 0.05) is 55.1 Å². The summed E-state index contributed by atoms with van der Waals surface area (Å²) in [7, 11) is 3.53. The molecule has 1 amide bonds. The molecular weight excluding hydrogens is 432 g/mol. The van der Waals surface area contributed by atoms with Crippen molar-refractivity contribution in [3.05, 3.63) is 71.0 Å². The third kappa shape index (κ3) is 5.86. The summed E-state index contributed by atoms with van der Waals surface area (Å²) in [5.41, 5.74) is 7.47. The Morgan fingerprint density at radius 1 is 1.06 bits per heavy atom. The number of nitrogens with zero attached hydrogens (tertiary/aromatic N) is 1. The highest BCUT2D eigenvalue weighted by Crippen LogP contribution is 2.33. The molecule has 3 rings (SSSR count). The van der Waals surface area contributed by atoms with E-state index in [1.807, 2.05) is 32.2 Å². The van der Waals surface area contributed by atoms with Gasteiger partial charge < -0.3 is 20.7 Å². The molecule has 3 aromatic rings. The number of carbonyl (C=O) groups excluding carboxylic acids is 1. The third-order valence-electron chi connectivity index (χ3n) is 5.67. The van der Waals surface area contributed by atoms with Gasteiger partial charge in [0.25, 0.3) is 5.91 Å². The first-order valence-corrected chi connectivity index (χ1v) is 12.3. The van der Waals surface area contributed by atoms with Crippen molar-refractivity contribution in [2.45, 2.75) is 20.4 Å². The number of ether oxygens (including phenoxy) is 1. The van der Waals surface area contributed by atoms with Crippen LogP contribution in [-0.4, -0.2) is 43.6 Å². The summed E-state index contributed by atoms with van der Waals surface area (Å²) in [4.78, 5) is 17.4. The number of thioether (sulfide) groups is 1. The number of nitrogens with one attached hydrogen (secondary N) is 3. The molecule has 1 aromatic heterocycles. The fourth-order valence-corrected chi connectivity index (χ4v) is 4.11. The van der Waals surface area contributed by atoms with Gasteiger partial charge in [0.2, 0.25) is 0 Å². The Morgan fingerprint density at radius 2 is 1.73 bits per heavy atom. The summed E-state index contributed by atoms with van der Waals surface area (Å²) < 4.78 is 5.51. The summed E-state index contributed by atoms with van der Waals surface area (Å²) in [5.74, 6) is 1.42. The summed E-state index contributed by atoms with van der Waals surface area (Å²) in [6.07, 6.45) is 3.78. The first-order valence-electron chi connectivity index (χ1n) is 10.9. The molecule has 0 aliphatic rings. The minimum Gasteiger partial charge on any atom is -0.496 e. The number of hydrogen-bond donors (Lipinski definition) is 3. The van der Waals surface area contributed by atoms with Gasteiger partial charge in [0.1, 0.15) is 11.4 Å². The Balaban J connectivity index is 1.82. The summed E-state index contributed by atoms with van der Waals surface area (Å²) in [5, 5.41) is 9.62. The molecule has 7 heteroatoms. The quantitative estimate of drug-likeness (QED) is 0.362. The van der Waals surface area contributed by atoms with Gasteiger partial charge in [0.05, 0.1) is 7.11 Å².